The third-order valence-corrected chi connectivity index (χ3v) is 2.91. The van der Waals surface area contributed by atoms with Gasteiger partial charge in [-0.25, -0.2) is 9.97 Å². The maximum absolute atomic E-state index is 5.22. The van der Waals surface area contributed by atoms with Crippen LogP contribution in [0.5, 0.6) is 0 Å². The largest absolute Gasteiger partial charge is 0.383 e. The molecule has 0 saturated heterocycles. The highest BCUT2D eigenvalue weighted by molar-refractivity contribution is 5.49. The highest BCUT2D eigenvalue weighted by Gasteiger charge is 2.15. The van der Waals surface area contributed by atoms with Gasteiger partial charge >= 0.3 is 0 Å². The van der Waals surface area contributed by atoms with E-state index < -0.39 is 0 Å². The number of ether oxygens (including phenoxy) is 1. The molecule has 5 nitrogen and oxygen atoms in total. The van der Waals surface area contributed by atoms with Crippen molar-refractivity contribution in [1.29, 1.82) is 0 Å². The summed E-state index contributed by atoms with van der Waals surface area (Å²) < 4.78 is 5.22. The number of rotatable bonds is 7. The van der Waals surface area contributed by atoms with E-state index in [0.717, 1.165) is 30.4 Å². The van der Waals surface area contributed by atoms with Gasteiger partial charge in [-0.15, -0.1) is 0 Å². The number of methoxy groups -OCH3 is 1. The third-order valence-electron chi connectivity index (χ3n) is 2.91. The summed E-state index contributed by atoms with van der Waals surface area (Å²) in [4.78, 5) is 11.2. The van der Waals surface area contributed by atoms with Crippen molar-refractivity contribution in [2.45, 2.75) is 33.2 Å². The maximum Gasteiger partial charge on any atom is 0.134 e. The molecule has 0 radical (unpaired) electrons. The van der Waals surface area contributed by atoms with E-state index in [1.54, 1.807) is 7.11 Å². The molecule has 5 heteroatoms. The van der Waals surface area contributed by atoms with Gasteiger partial charge < -0.3 is 15.0 Å². The molecule has 1 rings (SSSR count). The molecule has 0 aliphatic rings. The minimum atomic E-state index is 0.296. The summed E-state index contributed by atoms with van der Waals surface area (Å²) in [7, 11) is 3.60. The summed E-state index contributed by atoms with van der Waals surface area (Å²) in [5.74, 6) is 2.68. The number of hydrogen-bond acceptors (Lipinski definition) is 5. The lowest BCUT2D eigenvalue weighted by Crippen LogP contribution is -2.37. The van der Waals surface area contributed by atoms with Crippen LogP contribution >= 0.6 is 0 Å². The Morgan fingerprint density at radius 2 is 2.11 bits per heavy atom. The van der Waals surface area contributed by atoms with Crippen LogP contribution in [0.3, 0.4) is 0 Å². The average molecular weight is 252 g/mol. The monoisotopic (exact) mass is 252 g/mol. The van der Waals surface area contributed by atoms with Crippen molar-refractivity contribution in [3.63, 3.8) is 0 Å². The van der Waals surface area contributed by atoms with Crippen LogP contribution in [0.4, 0.5) is 11.6 Å². The Morgan fingerprint density at radius 3 is 2.61 bits per heavy atom. The van der Waals surface area contributed by atoms with Gasteiger partial charge in [0.1, 0.15) is 17.5 Å². The fraction of sp³-hybridized carbons (Fsp3) is 0.692. The first kappa shape index (κ1) is 14.7. The number of likely N-dealkylation sites (N-methyl/N-ethyl adjacent to an activating group) is 1. The van der Waals surface area contributed by atoms with Gasteiger partial charge in [0.15, 0.2) is 0 Å². The van der Waals surface area contributed by atoms with Crippen molar-refractivity contribution in [1.82, 2.24) is 9.97 Å². The normalized spacial score (nSPS) is 12.3. The van der Waals surface area contributed by atoms with Gasteiger partial charge in [0.25, 0.3) is 0 Å². The molecule has 0 bridgehead atoms. The maximum atomic E-state index is 5.22. The Bertz CT molecular complexity index is 348. The molecule has 1 unspecified atom stereocenters. The van der Waals surface area contributed by atoms with E-state index in [1.807, 2.05) is 13.1 Å². The smallest absolute Gasteiger partial charge is 0.134 e. The van der Waals surface area contributed by atoms with Gasteiger partial charge in [-0.2, -0.15) is 0 Å². The van der Waals surface area contributed by atoms with Gasteiger partial charge in [0.05, 0.1) is 12.6 Å². The van der Waals surface area contributed by atoms with E-state index in [-0.39, 0.29) is 0 Å². The van der Waals surface area contributed by atoms with Crippen molar-refractivity contribution >= 4 is 11.6 Å². The molecular formula is C13H24N4O. The number of nitrogens with zero attached hydrogens (tertiary/aromatic N) is 3. The molecule has 0 aliphatic carbocycles. The summed E-state index contributed by atoms with van der Waals surface area (Å²) in [5.41, 5.74) is 0. The summed E-state index contributed by atoms with van der Waals surface area (Å²) in [6.45, 7) is 7.91. The molecule has 1 heterocycles. The minimum absolute atomic E-state index is 0.296. The molecule has 0 amide bonds. The van der Waals surface area contributed by atoms with Crippen molar-refractivity contribution in [2.24, 2.45) is 0 Å². The molecule has 1 aromatic heterocycles. The Kier molecular flexibility index (Phi) is 5.85. The van der Waals surface area contributed by atoms with Crippen LogP contribution in [0, 0.1) is 0 Å². The average Bonchev–Trinajstić information content (AvgIpc) is 2.39. The first-order chi connectivity index (χ1) is 8.65. The van der Waals surface area contributed by atoms with E-state index in [1.165, 1.54) is 0 Å². The summed E-state index contributed by atoms with van der Waals surface area (Å²) >= 11 is 0. The van der Waals surface area contributed by atoms with Crippen molar-refractivity contribution < 1.29 is 4.74 Å². The van der Waals surface area contributed by atoms with Crippen LogP contribution in [-0.4, -0.2) is 43.3 Å². The predicted octanol–water partition coefficient (Wildman–Crippen LogP) is 1.94. The van der Waals surface area contributed by atoms with Crippen LogP contribution in [-0.2, 0) is 11.2 Å². The molecule has 102 valence electrons. The second-order valence-electron chi connectivity index (χ2n) is 4.22. The lowest BCUT2D eigenvalue weighted by molar-refractivity contribution is 0.181. The standard InChI is InChI=1S/C13H24N4O/c1-6-11-15-12(14-4)8-13(16-11)17(7-2)10(3)9-18-5/h8,10H,6-7,9H2,1-5H3,(H,14,15,16). The predicted molar refractivity (Wildman–Crippen MR) is 75.3 cm³/mol. The zero-order valence-electron chi connectivity index (χ0n) is 12.0. The third kappa shape index (κ3) is 3.57. The zero-order chi connectivity index (χ0) is 13.5. The summed E-state index contributed by atoms with van der Waals surface area (Å²) in [5, 5.41) is 3.08. The second kappa shape index (κ2) is 7.16. The van der Waals surface area contributed by atoms with Gasteiger partial charge in [0, 0.05) is 33.2 Å². The topological polar surface area (TPSA) is 50.3 Å². The number of anilines is 2. The molecule has 0 aliphatic heterocycles. The summed E-state index contributed by atoms with van der Waals surface area (Å²) in [6.07, 6.45) is 0.832. The Hall–Kier alpha value is -1.36. The molecule has 1 atom stereocenters. The molecule has 0 spiro atoms. The van der Waals surface area contributed by atoms with Gasteiger partial charge in [-0.1, -0.05) is 6.92 Å². The van der Waals surface area contributed by atoms with E-state index in [0.29, 0.717) is 12.6 Å². The summed E-state index contributed by atoms with van der Waals surface area (Å²) in [6, 6.07) is 2.28. The first-order valence-corrected chi connectivity index (χ1v) is 6.47. The lowest BCUT2D eigenvalue weighted by Gasteiger charge is -2.29. The quantitative estimate of drug-likeness (QED) is 0.803. The Balaban J connectivity index is 3.03. The van der Waals surface area contributed by atoms with Crippen LogP contribution in [0.15, 0.2) is 6.07 Å². The van der Waals surface area contributed by atoms with Crippen molar-refractivity contribution in [3.8, 4) is 0 Å². The molecular weight excluding hydrogens is 228 g/mol. The number of nitrogens with one attached hydrogen (secondary N) is 1. The molecule has 1 aromatic rings. The van der Waals surface area contributed by atoms with Gasteiger partial charge in [0.2, 0.25) is 0 Å². The van der Waals surface area contributed by atoms with Crippen molar-refractivity contribution in [2.75, 3.05) is 37.5 Å². The molecule has 1 N–H and O–H groups in total. The highest BCUT2D eigenvalue weighted by Crippen LogP contribution is 2.18. The number of aromatic nitrogens is 2. The SMILES string of the molecule is CCc1nc(NC)cc(N(CC)C(C)COC)n1. The van der Waals surface area contributed by atoms with E-state index in [2.05, 4.69) is 41.0 Å². The minimum Gasteiger partial charge on any atom is -0.383 e. The van der Waals surface area contributed by atoms with Crippen molar-refractivity contribution in [3.05, 3.63) is 11.9 Å². The fourth-order valence-corrected chi connectivity index (χ4v) is 1.95. The van der Waals surface area contributed by atoms with Gasteiger partial charge in [-0.05, 0) is 13.8 Å². The Morgan fingerprint density at radius 1 is 1.39 bits per heavy atom. The van der Waals surface area contributed by atoms with Gasteiger partial charge in [-0.3, -0.25) is 0 Å². The lowest BCUT2D eigenvalue weighted by atomic mass is 10.3. The second-order valence-corrected chi connectivity index (χ2v) is 4.22. The molecule has 0 fully saturated rings. The molecule has 0 saturated carbocycles. The first-order valence-electron chi connectivity index (χ1n) is 6.47. The van der Waals surface area contributed by atoms with E-state index >= 15 is 0 Å². The van der Waals surface area contributed by atoms with Crippen LogP contribution in [0.2, 0.25) is 0 Å². The van der Waals surface area contributed by atoms with Crippen LogP contribution < -0.4 is 10.2 Å². The molecule has 0 aromatic carbocycles. The number of hydrogen-bond donors (Lipinski definition) is 1. The Labute approximate surface area is 110 Å². The number of aryl methyl sites for hydroxylation is 1. The molecule has 18 heavy (non-hydrogen) atoms. The van der Waals surface area contributed by atoms with E-state index in [4.69, 9.17) is 4.74 Å². The van der Waals surface area contributed by atoms with Crippen LogP contribution in [0.25, 0.3) is 0 Å². The van der Waals surface area contributed by atoms with E-state index in [9.17, 15) is 0 Å². The zero-order valence-corrected chi connectivity index (χ0v) is 12.0. The highest BCUT2D eigenvalue weighted by atomic mass is 16.5. The van der Waals surface area contributed by atoms with Crippen LogP contribution in [0.1, 0.15) is 26.6 Å². The fourth-order valence-electron chi connectivity index (χ4n) is 1.95.